The number of methoxy groups -OCH3 is 2. The van der Waals surface area contributed by atoms with E-state index >= 15 is 0 Å². The van der Waals surface area contributed by atoms with Crippen LogP contribution in [0.25, 0.3) is 0 Å². The highest BCUT2D eigenvalue weighted by atomic mass is 16.5. The molecular weight excluding hydrogens is 350 g/mol. The Balaban J connectivity index is 2.20. The number of carbonyl (C=O) groups is 2. The molecule has 7 heteroatoms. The van der Waals surface area contributed by atoms with Gasteiger partial charge in [-0.25, -0.2) is 4.79 Å². The van der Waals surface area contributed by atoms with Crippen LogP contribution in [0.15, 0.2) is 35.3 Å². The summed E-state index contributed by atoms with van der Waals surface area (Å²) < 4.78 is 16.1. The molecule has 1 aromatic heterocycles. The van der Waals surface area contributed by atoms with E-state index in [2.05, 4.69) is 11.9 Å². The molecule has 0 saturated carbocycles. The summed E-state index contributed by atoms with van der Waals surface area (Å²) in [5.41, 5.74) is 1.69. The Labute approximate surface area is 157 Å². The van der Waals surface area contributed by atoms with Crippen molar-refractivity contribution in [3.05, 3.63) is 59.1 Å². The molecule has 2 N–H and O–H groups in total. The van der Waals surface area contributed by atoms with E-state index < -0.39 is 11.9 Å². The second-order valence-electron chi connectivity index (χ2n) is 5.77. The molecule has 0 saturated heterocycles. The smallest absolute Gasteiger partial charge is 0.339 e. The lowest BCUT2D eigenvalue weighted by molar-refractivity contribution is 0.0694. The summed E-state index contributed by atoms with van der Waals surface area (Å²) in [5, 5.41) is 11.9. The van der Waals surface area contributed by atoms with E-state index in [1.54, 1.807) is 33.3 Å². The van der Waals surface area contributed by atoms with Crippen LogP contribution in [0.1, 0.15) is 44.7 Å². The molecule has 0 aliphatic heterocycles. The number of carbonyl (C=O) groups excluding carboxylic acids is 1. The number of aryl methyl sites for hydroxylation is 1. The number of carboxylic acid groups (broad SMARTS) is 1. The maximum absolute atomic E-state index is 12.3. The van der Waals surface area contributed by atoms with Crippen LogP contribution in [-0.2, 0) is 19.4 Å². The molecule has 144 valence electrons. The van der Waals surface area contributed by atoms with Gasteiger partial charge >= 0.3 is 5.97 Å². The average Bonchev–Trinajstić information content (AvgIpc) is 3.10. The van der Waals surface area contributed by atoms with E-state index in [1.807, 2.05) is 6.07 Å². The maximum Gasteiger partial charge on any atom is 0.339 e. The topological polar surface area (TPSA) is 98.0 Å². The van der Waals surface area contributed by atoms with Gasteiger partial charge < -0.3 is 24.3 Å². The number of benzene rings is 1. The van der Waals surface area contributed by atoms with Gasteiger partial charge in [-0.2, -0.15) is 0 Å². The maximum atomic E-state index is 12.3. The molecular formula is C20H23NO6. The Morgan fingerprint density at radius 3 is 2.52 bits per heavy atom. The summed E-state index contributed by atoms with van der Waals surface area (Å²) in [6.45, 7) is 5.71. The van der Waals surface area contributed by atoms with E-state index in [0.29, 0.717) is 24.3 Å². The molecule has 0 atom stereocenters. The third kappa shape index (κ3) is 4.49. The third-order valence-corrected chi connectivity index (χ3v) is 4.02. The molecule has 2 rings (SSSR count). The summed E-state index contributed by atoms with van der Waals surface area (Å²) in [6, 6.07) is 4.91. The van der Waals surface area contributed by atoms with Gasteiger partial charge in [0.2, 0.25) is 0 Å². The lowest BCUT2D eigenvalue weighted by Crippen LogP contribution is -2.22. The molecule has 7 nitrogen and oxygen atoms in total. The van der Waals surface area contributed by atoms with Gasteiger partial charge in [0.15, 0.2) is 17.3 Å². The second kappa shape index (κ2) is 8.93. The van der Waals surface area contributed by atoms with Crippen molar-refractivity contribution in [2.45, 2.75) is 26.3 Å². The summed E-state index contributed by atoms with van der Waals surface area (Å²) in [5.74, 6) is -0.193. The van der Waals surface area contributed by atoms with Gasteiger partial charge in [-0.1, -0.05) is 13.0 Å². The van der Waals surface area contributed by atoms with E-state index in [1.165, 1.54) is 6.07 Å². The zero-order chi connectivity index (χ0) is 20.0. The van der Waals surface area contributed by atoms with Crippen molar-refractivity contribution in [2.75, 3.05) is 14.2 Å². The van der Waals surface area contributed by atoms with Crippen LogP contribution in [-0.4, -0.2) is 31.2 Å². The fourth-order valence-electron chi connectivity index (χ4n) is 2.77. The Hall–Kier alpha value is -3.22. The van der Waals surface area contributed by atoms with Crippen LogP contribution >= 0.6 is 0 Å². The minimum atomic E-state index is -1.12. The van der Waals surface area contributed by atoms with Crippen molar-refractivity contribution in [3.63, 3.8) is 0 Å². The normalized spacial score (nSPS) is 10.3. The van der Waals surface area contributed by atoms with Gasteiger partial charge in [0, 0.05) is 24.6 Å². The van der Waals surface area contributed by atoms with Gasteiger partial charge in [0.1, 0.15) is 11.3 Å². The number of rotatable bonds is 9. The standard InChI is InChI=1S/C20H23NO6/c1-5-7-13-8-12(9-16(25-3)18(13)26-4)11-21-19(22)17-10-14(20(23)24)15(6-2)27-17/h5,8-10H,1,6-7,11H2,2-4H3,(H,21,22)(H,23,24). The number of hydrogen-bond donors (Lipinski definition) is 2. The van der Waals surface area contributed by atoms with Crippen molar-refractivity contribution in [2.24, 2.45) is 0 Å². The molecule has 0 spiro atoms. The molecule has 0 fully saturated rings. The first-order valence-electron chi connectivity index (χ1n) is 8.43. The van der Waals surface area contributed by atoms with Crippen molar-refractivity contribution < 1.29 is 28.6 Å². The molecule has 0 radical (unpaired) electrons. The van der Waals surface area contributed by atoms with Crippen molar-refractivity contribution in [3.8, 4) is 11.5 Å². The Bertz CT molecular complexity index is 852. The van der Waals surface area contributed by atoms with Gasteiger partial charge in [0.05, 0.1) is 14.2 Å². The summed E-state index contributed by atoms with van der Waals surface area (Å²) in [7, 11) is 3.11. The van der Waals surface area contributed by atoms with Gasteiger partial charge in [0.25, 0.3) is 5.91 Å². The first kappa shape index (κ1) is 20.1. The molecule has 1 aromatic carbocycles. The largest absolute Gasteiger partial charge is 0.493 e. The van der Waals surface area contributed by atoms with E-state index in [9.17, 15) is 9.59 Å². The number of nitrogens with one attached hydrogen (secondary N) is 1. The Morgan fingerprint density at radius 1 is 1.26 bits per heavy atom. The summed E-state index contributed by atoms with van der Waals surface area (Å²) in [6.07, 6.45) is 2.72. The molecule has 0 aliphatic rings. The minimum absolute atomic E-state index is 0.00189. The molecule has 0 unspecified atom stereocenters. The fraction of sp³-hybridized carbons (Fsp3) is 0.300. The molecule has 2 aromatic rings. The zero-order valence-electron chi connectivity index (χ0n) is 15.6. The van der Waals surface area contributed by atoms with Gasteiger partial charge in [-0.15, -0.1) is 6.58 Å². The molecule has 1 amide bonds. The molecule has 1 heterocycles. The third-order valence-electron chi connectivity index (χ3n) is 4.02. The predicted molar refractivity (Wildman–Crippen MR) is 99.7 cm³/mol. The highest BCUT2D eigenvalue weighted by Gasteiger charge is 2.20. The monoisotopic (exact) mass is 373 g/mol. The Morgan fingerprint density at radius 2 is 2.00 bits per heavy atom. The zero-order valence-corrected chi connectivity index (χ0v) is 15.6. The van der Waals surface area contributed by atoms with Crippen LogP contribution < -0.4 is 14.8 Å². The predicted octanol–water partition coefficient (Wildman–Crippen LogP) is 3.22. The average molecular weight is 373 g/mol. The lowest BCUT2D eigenvalue weighted by atomic mass is 10.1. The van der Waals surface area contributed by atoms with Crippen molar-refractivity contribution in [1.29, 1.82) is 0 Å². The molecule has 0 bridgehead atoms. The summed E-state index contributed by atoms with van der Waals surface area (Å²) >= 11 is 0. The highest BCUT2D eigenvalue weighted by molar-refractivity contribution is 5.96. The second-order valence-corrected chi connectivity index (χ2v) is 5.77. The summed E-state index contributed by atoms with van der Waals surface area (Å²) in [4.78, 5) is 23.5. The van der Waals surface area contributed by atoms with Gasteiger partial charge in [-0.3, -0.25) is 4.79 Å². The SMILES string of the molecule is C=CCc1cc(CNC(=O)c2cc(C(=O)O)c(CC)o2)cc(OC)c1OC. The number of allylic oxidation sites excluding steroid dienone is 1. The number of furan rings is 1. The number of ether oxygens (including phenoxy) is 2. The first-order chi connectivity index (χ1) is 12.9. The quantitative estimate of drug-likeness (QED) is 0.655. The van der Waals surface area contributed by atoms with Crippen LogP contribution in [0.4, 0.5) is 0 Å². The molecule has 27 heavy (non-hydrogen) atoms. The van der Waals surface area contributed by atoms with Crippen LogP contribution in [0.5, 0.6) is 11.5 Å². The lowest BCUT2D eigenvalue weighted by Gasteiger charge is -2.14. The van der Waals surface area contributed by atoms with E-state index in [0.717, 1.165) is 11.1 Å². The Kier molecular flexibility index (Phi) is 6.65. The van der Waals surface area contributed by atoms with Crippen LogP contribution in [0, 0.1) is 0 Å². The first-order valence-corrected chi connectivity index (χ1v) is 8.43. The number of hydrogen-bond acceptors (Lipinski definition) is 5. The fourth-order valence-corrected chi connectivity index (χ4v) is 2.77. The minimum Gasteiger partial charge on any atom is -0.493 e. The van der Waals surface area contributed by atoms with E-state index in [-0.39, 0.29) is 23.6 Å². The van der Waals surface area contributed by atoms with E-state index in [4.69, 9.17) is 19.0 Å². The van der Waals surface area contributed by atoms with Crippen LogP contribution in [0.2, 0.25) is 0 Å². The molecule has 0 aliphatic carbocycles. The van der Waals surface area contributed by atoms with Crippen molar-refractivity contribution in [1.82, 2.24) is 5.32 Å². The van der Waals surface area contributed by atoms with Crippen molar-refractivity contribution >= 4 is 11.9 Å². The number of aromatic carboxylic acids is 1. The number of carboxylic acids is 1. The number of amides is 1. The van der Waals surface area contributed by atoms with Gasteiger partial charge in [-0.05, 0) is 24.1 Å². The van der Waals surface area contributed by atoms with Crippen LogP contribution in [0.3, 0.4) is 0 Å². The highest BCUT2D eigenvalue weighted by Crippen LogP contribution is 2.33.